The van der Waals surface area contributed by atoms with E-state index in [4.69, 9.17) is 0 Å². The molecule has 4 nitrogen and oxygen atoms in total. The van der Waals surface area contributed by atoms with Crippen LogP contribution in [-0.2, 0) is 4.79 Å². The molecule has 110 valence electrons. The highest BCUT2D eigenvalue weighted by Gasteiger charge is 2.14. The molecule has 1 aromatic heterocycles. The molecule has 0 aliphatic heterocycles. The van der Waals surface area contributed by atoms with Crippen molar-refractivity contribution in [3.63, 3.8) is 0 Å². The summed E-state index contributed by atoms with van der Waals surface area (Å²) in [6, 6.07) is 3.82. The minimum atomic E-state index is 0.106. The van der Waals surface area contributed by atoms with Crippen LogP contribution in [0.1, 0.15) is 44.9 Å². The highest BCUT2D eigenvalue weighted by Crippen LogP contribution is 2.27. The summed E-state index contributed by atoms with van der Waals surface area (Å²) >= 11 is 0. The normalized spacial score (nSPS) is 15.9. The van der Waals surface area contributed by atoms with Crippen molar-refractivity contribution in [2.24, 2.45) is 5.92 Å². The van der Waals surface area contributed by atoms with Gasteiger partial charge in [-0.05, 0) is 24.5 Å². The van der Waals surface area contributed by atoms with Crippen molar-refractivity contribution in [2.45, 2.75) is 44.9 Å². The molecule has 1 aromatic rings. The second kappa shape index (κ2) is 7.27. The molecular weight excluding hydrogens is 250 g/mol. The van der Waals surface area contributed by atoms with Crippen molar-refractivity contribution in [2.75, 3.05) is 24.3 Å². The second-order valence-electron chi connectivity index (χ2n) is 5.89. The summed E-state index contributed by atoms with van der Waals surface area (Å²) in [7, 11) is 3.90. The fourth-order valence-corrected chi connectivity index (χ4v) is 2.76. The molecule has 0 saturated heterocycles. The Balaban J connectivity index is 1.75. The Morgan fingerprint density at radius 1 is 1.30 bits per heavy atom. The van der Waals surface area contributed by atoms with Gasteiger partial charge in [-0.2, -0.15) is 0 Å². The number of anilines is 2. The second-order valence-corrected chi connectivity index (χ2v) is 5.89. The van der Waals surface area contributed by atoms with Crippen LogP contribution in [0.15, 0.2) is 18.3 Å². The molecule has 0 aromatic carbocycles. The average molecular weight is 275 g/mol. The molecular formula is C16H25N3O. The van der Waals surface area contributed by atoms with Crippen LogP contribution >= 0.6 is 0 Å². The number of hydrogen-bond donors (Lipinski definition) is 1. The van der Waals surface area contributed by atoms with E-state index in [1.165, 1.54) is 32.1 Å². The van der Waals surface area contributed by atoms with E-state index in [1.807, 2.05) is 31.1 Å². The van der Waals surface area contributed by atoms with Crippen LogP contribution in [0.2, 0.25) is 0 Å². The van der Waals surface area contributed by atoms with E-state index in [0.29, 0.717) is 6.42 Å². The minimum absolute atomic E-state index is 0.106. The van der Waals surface area contributed by atoms with Crippen LogP contribution in [0.3, 0.4) is 0 Å². The standard InChI is InChI=1S/C16H25N3O/c1-19(2)15-10-9-14(12-17-15)18-16(20)11-8-13-6-4-3-5-7-13/h9-10,12-13H,3-8,11H2,1-2H3,(H,18,20). The topological polar surface area (TPSA) is 45.2 Å². The summed E-state index contributed by atoms with van der Waals surface area (Å²) in [5.41, 5.74) is 0.782. The first-order valence-corrected chi connectivity index (χ1v) is 7.58. The van der Waals surface area contributed by atoms with Crippen LogP contribution < -0.4 is 10.2 Å². The summed E-state index contributed by atoms with van der Waals surface area (Å²) in [6.07, 6.45) is 10.00. The van der Waals surface area contributed by atoms with Gasteiger partial charge in [-0.25, -0.2) is 4.98 Å². The van der Waals surface area contributed by atoms with Gasteiger partial charge in [0.05, 0.1) is 11.9 Å². The third-order valence-electron chi connectivity index (χ3n) is 3.99. The highest BCUT2D eigenvalue weighted by molar-refractivity contribution is 5.90. The molecule has 1 fully saturated rings. The van der Waals surface area contributed by atoms with Gasteiger partial charge in [-0.15, -0.1) is 0 Å². The Hall–Kier alpha value is -1.58. The zero-order valence-corrected chi connectivity index (χ0v) is 12.6. The molecule has 1 amide bonds. The Bertz CT molecular complexity index is 422. The van der Waals surface area contributed by atoms with Gasteiger partial charge in [0.1, 0.15) is 5.82 Å². The molecule has 0 atom stereocenters. The number of carbonyl (C=O) groups excluding carboxylic acids is 1. The molecule has 1 saturated carbocycles. The molecule has 2 rings (SSSR count). The van der Waals surface area contributed by atoms with E-state index in [1.54, 1.807) is 6.20 Å². The number of rotatable bonds is 5. The molecule has 4 heteroatoms. The van der Waals surface area contributed by atoms with E-state index in [-0.39, 0.29) is 5.91 Å². The van der Waals surface area contributed by atoms with Crippen molar-refractivity contribution in [1.82, 2.24) is 4.98 Å². The summed E-state index contributed by atoms with van der Waals surface area (Å²) < 4.78 is 0. The zero-order chi connectivity index (χ0) is 14.4. The first-order valence-electron chi connectivity index (χ1n) is 7.58. The van der Waals surface area contributed by atoms with Gasteiger partial charge in [0.2, 0.25) is 5.91 Å². The molecule has 0 radical (unpaired) electrons. The van der Waals surface area contributed by atoms with Gasteiger partial charge in [0, 0.05) is 20.5 Å². The Labute approximate surface area is 121 Å². The van der Waals surface area contributed by atoms with E-state index in [0.717, 1.165) is 23.8 Å². The number of nitrogens with one attached hydrogen (secondary N) is 1. The predicted molar refractivity (Wildman–Crippen MR) is 83.0 cm³/mol. The predicted octanol–water partition coefficient (Wildman–Crippen LogP) is 3.45. The maximum Gasteiger partial charge on any atom is 0.224 e. The van der Waals surface area contributed by atoms with Gasteiger partial charge in [-0.3, -0.25) is 4.79 Å². The van der Waals surface area contributed by atoms with Gasteiger partial charge >= 0.3 is 0 Å². The molecule has 0 bridgehead atoms. The van der Waals surface area contributed by atoms with Crippen LogP contribution in [0.25, 0.3) is 0 Å². The molecule has 1 heterocycles. The third kappa shape index (κ3) is 4.51. The monoisotopic (exact) mass is 275 g/mol. The largest absolute Gasteiger partial charge is 0.363 e. The number of amides is 1. The fourth-order valence-electron chi connectivity index (χ4n) is 2.76. The number of carbonyl (C=O) groups is 1. The van der Waals surface area contributed by atoms with Crippen molar-refractivity contribution in [3.8, 4) is 0 Å². The van der Waals surface area contributed by atoms with Gasteiger partial charge in [0.15, 0.2) is 0 Å². The first-order chi connectivity index (χ1) is 9.65. The maximum absolute atomic E-state index is 11.9. The average Bonchev–Trinajstić information content (AvgIpc) is 2.47. The first kappa shape index (κ1) is 14.8. The maximum atomic E-state index is 11.9. The smallest absolute Gasteiger partial charge is 0.224 e. The van der Waals surface area contributed by atoms with Crippen LogP contribution in [0.4, 0.5) is 11.5 Å². The number of aromatic nitrogens is 1. The summed E-state index contributed by atoms with van der Waals surface area (Å²) in [4.78, 5) is 18.2. The number of hydrogen-bond acceptors (Lipinski definition) is 3. The van der Waals surface area contributed by atoms with E-state index >= 15 is 0 Å². The van der Waals surface area contributed by atoms with Crippen molar-refractivity contribution >= 4 is 17.4 Å². The summed E-state index contributed by atoms with van der Waals surface area (Å²) in [6.45, 7) is 0. The van der Waals surface area contributed by atoms with E-state index in [9.17, 15) is 4.79 Å². The quantitative estimate of drug-likeness (QED) is 0.895. The molecule has 0 unspecified atom stereocenters. The molecule has 1 aliphatic rings. The van der Waals surface area contributed by atoms with Crippen LogP contribution in [-0.4, -0.2) is 25.0 Å². The lowest BCUT2D eigenvalue weighted by Gasteiger charge is -2.21. The minimum Gasteiger partial charge on any atom is -0.363 e. The lowest BCUT2D eigenvalue weighted by Crippen LogP contribution is -2.15. The number of pyridine rings is 1. The Morgan fingerprint density at radius 3 is 2.65 bits per heavy atom. The van der Waals surface area contributed by atoms with Crippen molar-refractivity contribution < 1.29 is 4.79 Å². The lowest BCUT2D eigenvalue weighted by molar-refractivity contribution is -0.116. The Kier molecular flexibility index (Phi) is 5.39. The lowest BCUT2D eigenvalue weighted by atomic mass is 9.86. The van der Waals surface area contributed by atoms with E-state index < -0.39 is 0 Å². The Morgan fingerprint density at radius 2 is 2.05 bits per heavy atom. The fraction of sp³-hybridized carbons (Fsp3) is 0.625. The van der Waals surface area contributed by atoms with E-state index in [2.05, 4.69) is 10.3 Å². The van der Waals surface area contributed by atoms with Crippen LogP contribution in [0.5, 0.6) is 0 Å². The number of nitrogens with zero attached hydrogens (tertiary/aromatic N) is 2. The summed E-state index contributed by atoms with van der Waals surface area (Å²) in [5, 5.41) is 2.93. The third-order valence-corrected chi connectivity index (χ3v) is 3.99. The van der Waals surface area contributed by atoms with Crippen molar-refractivity contribution in [3.05, 3.63) is 18.3 Å². The molecule has 1 N–H and O–H groups in total. The van der Waals surface area contributed by atoms with Gasteiger partial charge < -0.3 is 10.2 Å². The van der Waals surface area contributed by atoms with Gasteiger partial charge in [-0.1, -0.05) is 32.1 Å². The summed E-state index contributed by atoms with van der Waals surface area (Å²) in [5.74, 6) is 1.75. The molecule has 0 spiro atoms. The molecule has 1 aliphatic carbocycles. The van der Waals surface area contributed by atoms with Crippen LogP contribution in [0, 0.1) is 5.92 Å². The highest BCUT2D eigenvalue weighted by atomic mass is 16.1. The molecule has 20 heavy (non-hydrogen) atoms. The zero-order valence-electron chi connectivity index (χ0n) is 12.6. The van der Waals surface area contributed by atoms with Crippen molar-refractivity contribution in [1.29, 1.82) is 0 Å². The SMILES string of the molecule is CN(C)c1ccc(NC(=O)CCC2CCCCC2)cn1. The van der Waals surface area contributed by atoms with Gasteiger partial charge in [0.25, 0.3) is 0 Å².